The van der Waals surface area contributed by atoms with Crippen LogP contribution in [0.1, 0.15) is 37.8 Å². The second-order valence-electron chi connectivity index (χ2n) is 6.02. The number of primary amides is 1. The third-order valence-corrected chi connectivity index (χ3v) is 3.71. The Labute approximate surface area is 125 Å². The number of aryl methyl sites for hydroxylation is 2. The van der Waals surface area contributed by atoms with E-state index in [4.69, 9.17) is 5.73 Å². The summed E-state index contributed by atoms with van der Waals surface area (Å²) >= 11 is 0. The number of rotatable bonds is 5. The summed E-state index contributed by atoms with van der Waals surface area (Å²) in [5.41, 5.74) is 8.59. The monoisotopic (exact) mass is 289 g/mol. The van der Waals surface area contributed by atoms with Crippen molar-refractivity contribution in [3.8, 4) is 0 Å². The fourth-order valence-corrected chi connectivity index (χ4v) is 2.75. The fourth-order valence-electron chi connectivity index (χ4n) is 2.75. The van der Waals surface area contributed by atoms with Crippen LogP contribution in [0.25, 0.3) is 0 Å². The summed E-state index contributed by atoms with van der Waals surface area (Å²) in [5, 5.41) is 5.38. The molecule has 0 aromatic heterocycles. The van der Waals surface area contributed by atoms with Gasteiger partial charge in [-0.25, -0.2) is 4.79 Å². The van der Waals surface area contributed by atoms with Crippen molar-refractivity contribution in [3.05, 3.63) is 29.3 Å². The quantitative estimate of drug-likeness (QED) is 0.776. The Kier molecular flexibility index (Phi) is 4.83. The molecule has 3 amide bonds. The first kappa shape index (κ1) is 15.4. The van der Waals surface area contributed by atoms with Gasteiger partial charge in [-0.15, -0.1) is 0 Å². The largest absolute Gasteiger partial charge is 0.352 e. The van der Waals surface area contributed by atoms with Crippen LogP contribution in [0.15, 0.2) is 18.2 Å². The van der Waals surface area contributed by atoms with Crippen LogP contribution in [-0.4, -0.2) is 18.0 Å². The van der Waals surface area contributed by atoms with Crippen molar-refractivity contribution in [2.45, 2.75) is 45.6 Å². The minimum Gasteiger partial charge on any atom is -0.352 e. The molecule has 0 heterocycles. The molecule has 0 spiro atoms. The number of carbonyl (C=O) groups is 2. The Hall–Kier alpha value is -2.04. The molecule has 0 aliphatic heterocycles. The van der Waals surface area contributed by atoms with Gasteiger partial charge in [0, 0.05) is 5.69 Å². The first-order chi connectivity index (χ1) is 9.95. The van der Waals surface area contributed by atoms with E-state index in [1.807, 2.05) is 26.0 Å². The summed E-state index contributed by atoms with van der Waals surface area (Å²) in [6.45, 7) is 4.00. The van der Waals surface area contributed by atoms with E-state index < -0.39 is 12.1 Å². The fraction of sp³-hybridized carbons (Fsp3) is 0.500. The number of nitrogens with one attached hydrogen (secondary N) is 2. The van der Waals surface area contributed by atoms with Gasteiger partial charge in [0.25, 0.3) is 0 Å². The molecule has 0 saturated heterocycles. The molecule has 0 fully saturated rings. The number of carbonyl (C=O) groups excluding carboxylic acids is 2. The molecule has 1 aromatic rings. The van der Waals surface area contributed by atoms with Gasteiger partial charge in [0.1, 0.15) is 6.04 Å². The van der Waals surface area contributed by atoms with Crippen molar-refractivity contribution >= 4 is 17.6 Å². The van der Waals surface area contributed by atoms with E-state index in [0.717, 1.165) is 18.5 Å². The maximum Gasteiger partial charge on any atom is 0.312 e. The first-order valence-corrected chi connectivity index (χ1v) is 7.44. The maximum atomic E-state index is 12.3. The Bertz CT molecular complexity index is 540. The van der Waals surface area contributed by atoms with E-state index in [9.17, 15) is 9.59 Å². The standard InChI is InChI=1S/C16H23N3O2/c1-10(2)8-14(19-16(17)21)15(20)18-13-7-6-11-4-3-5-12(11)9-13/h6-7,9-10,14H,3-5,8H2,1-2H3,(H,18,20)(H3,17,19,21). The summed E-state index contributed by atoms with van der Waals surface area (Å²) in [6, 6.07) is 4.73. The number of urea groups is 1. The number of anilines is 1. The third-order valence-electron chi connectivity index (χ3n) is 3.71. The third kappa shape index (κ3) is 4.21. The molecule has 0 bridgehead atoms. The molecular weight excluding hydrogens is 266 g/mol. The van der Waals surface area contributed by atoms with E-state index >= 15 is 0 Å². The predicted molar refractivity (Wildman–Crippen MR) is 83.1 cm³/mol. The lowest BCUT2D eigenvalue weighted by molar-refractivity contribution is -0.118. The average molecular weight is 289 g/mol. The first-order valence-electron chi connectivity index (χ1n) is 7.44. The Morgan fingerprint density at radius 2 is 1.95 bits per heavy atom. The number of benzene rings is 1. The molecule has 2 rings (SSSR count). The molecule has 4 N–H and O–H groups in total. The topological polar surface area (TPSA) is 84.2 Å². The lowest BCUT2D eigenvalue weighted by Gasteiger charge is -2.19. The van der Waals surface area contributed by atoms with Crippen LogP contribution in [0.3, 0.4) is 0 Å². The Morgan fingerprint density at radius 1 is 1.24 bits per heavy atom. The van der Waals surface area contributed by atoms with Gasteiger partial charge in [0.15, 0.2) is 0 Å². The van der Waals surface area contributed by atoms with E-state index in [2.05, 4.69) is 16.7 Å². The molecular formula is C16H23N3O2. The number of amides is 3. The van der Waals surface area contributed by atoms with E-state index in [1.54, 1.807) is 0 Å². The van der Waals surface area contributed by atoms with Crippen molar-refractivity contribution in [3.63, 3.8) is 0 Å². The van der Waals surface area contributed by atoms with Gasteiger partial charge in [-0.05, 0) is 54.9 Å². The molecule has 21 heavy (non-hydrogen) atoms. The number of fused-ring (bicyclic) bond motifs is 1. The van der Waals surface area contributed by atoms with Gasteiger partial charge in [0.2, 0.25) is 5.91 Å². The van der Waals surface area contributed by atoms with Crippen molar-refractivity contribution in [1.29, 1.82) is 0 Å². The van der Waals surface area contributed by atoms with Crippen LogP contribution in [0, 0.1) is 5.92 Å². The van der Waals surface area contributed by atoms with E-state index in [0.29, 0.717) is 6.42 Å². The molecule has 1 atom stereocenters. The SMILES string of the molecule is CC(C)CC(NC(N)=O)C(=O)Nc1ccc2c(c1)CCC2. The maximum absolute atomic E-state index is 12.3. The van der Waals surface area contributed by atoms with Gasteiger partial charge in [-0.2, -0.15) is 0 Å². The molecule has 5 heteroatoms. The lowest BCUT2D eigenvalue weighted by atomic mass is 10.0. The van der Waals surface area contributed by atoms with Gasteiger partial charge < -0.3 is 16.4 Å². The summed E-state index contributed by atoms with van der Waals surface area (Å²) in [7, 11) is 0. The zero-order chi connectivity index (χ0) is 15.4. The van der Waals surface area contributed by atoms with Crippen LogP contribution < -0.4 is 16.4 Å². The number of nitrogens with two attached hydrogens (primary N) is 1. The van der Waals surface area contributed by atoms with Crippen LogP contribution in [0.4, 0.5) is 10.5 Å². The molecule has 1 aliphatic carbocycles. The van der Waals surface area contributed by atoms with Gasteiger partial charge >= 0.3 is 6.03 Å². The highest BCUT2D eigenvalue weighted by Crippen LogP contribution is 2.25. The highest BCUT2D eigenvalue weighted by molar-refractivity contribution is 5.96. The summed E-state index contributed by atoms with van der Waals surface area (Å²) in [4.78, 5) is 23.3. The molecule has 1 aromatic carbocycles. The van der Waals surface area contributed by atoms with Crippen molar-refractivity contribution in [2.24, 2.45) is 11.7 Å². The zero-order valence-corrected chi connectivity index (χ0v) is 12.6. The molecule has 0 radical (unpaired) electrons. The normalized spacial score (nSPS) is 14.6. The van der Waals surface area contributed by atoms with Crippen LogP contribution in [0.2, 0.25) is 0 Å². The second kappa shape index (κ2) is 6.61. The zero-order valence-electron chi connectivity index (χ0n) is 12.6. The number of hydrogen-bond acceptors (Lipinski definition) is 2. The van der Waals surface area contributed by atoms with Gasteiger partial charge in [0.05, 0.1) is 0 Å². The Balaban J connectivity index is 2.05. The number of hydrogen-bond donors (Lipinski definition) is 3. The summed E-state index contributed by atoms with van der Waals surface area (Å²) < 4.78 is 0. The van der Waals surface area contributed by atoms with Crippen molar-refractivity contribution < 1.29 is 9.59 Å². The van der Waals surface area contributed by atoms with Crippen LogP contribution in [-0.2, 0) is 17.6 Å². The van der Waals surface area contributed by atoms with E-state index in [-0.39, 0.29) is 11.8 Å². The molecule has 1 unspecified atom stereocenters. The molecule has 1 aliphatic rings. The minimum absolute atomic E-state index is 0.222. The highest BCUT2D eigenvalue weighted by atomic mass is 16.2. The molecule has 114 valence electrons. The van der Waals surface area contributed by atoms with Gasteiger partial charge in [-0.1, -0.05) is 19.9 Å². The van der Waals surface area contributed by atoms with Crippen molar-refractivity contribution in [1.82, 2.24) is 5.32 Å². The summed E-state index contributed by atoms with van der Waals surface area (Å²) in [5.74, 6) is 0.0630. The lowest BCUT2D eigenvalue weighted by Crippen LogP contribution is -2.46. The average Bonchev–Trinajstić information content (AvgIpc) is 2.84. The predicted octanol–water partition coefficient (Wildman–Crippen LogP) is 2.20. The smallest absolute Gasteiger partial charge is 0.312 e. The van der Waals surface area contributed by atoms with E-state index in [1.165, 1.54) is 17.5 Å². The van der Waals surface area contributed by atoms with Gasteiger partial charge in [-0.3, -0.25) is 4.79 Å². The molecule has 0 saturated carbocycles. The summed E-state index contributed by atoms with van der Waals surface area (Å²) in [6.07, 6.45) is 3.91. The van der Waals surface area contributed by atoms with Crippen LogP contribution in [0.5, 0.6) is 0 Å². The van der Waals surface area contributed by atoms with Crippen LogP contribution >= 0.6 is 0 Å². The Morgan fingerprint density at radius 3 is 2.62 bits per heavy atom. The second-order valence-corrected chi connectivity index (χ2v) is 6.02. The minimum atomic E-state index is -0.676. The molecule has 5 nitrogen and oxygen atoms in total. The van der Waals surface area contributed by atoms with Crippen molar-refractivity contribution in [2.75, 3.05) is 5.32 Å². The highest BCUT2D eigenvalue weighted by Gasteiger charge is 2.21.